The Morgan fingerprint density at radius 3 is 2.68 bits per heavy atom. The highest BCUT2D eigenvalue weighted by Crippen LogP contribution is 2.24. The van der Waals surface area contributed by atoms with Crippen molar-refractivity contribution in [1.29, 1.82) is 0 Å². The fraction of sp³-hybridized carbons (Fsp3) is 0.429. The first-order valence-corrected chi connectivity index (χ1v) is 7.67. The molecule has 0 bridgehead atoms. The Bertz CT molecular complexity index is 485. The summed E-state index contributed by atoms with van der Waals surface area (Å²) in [6.45, 7) is 0. The third-order valence-corrected chi connectivity index (χ3v) is 4.69. The molecule has 0 saturated carbocycles. The maximum atomic E-state index is 12.3. The van der Waals surface area contributed by atoms with Crippen LogP contribution in [-0.4, -0.2) is 35.4 Å². The second-order valence-electron chi connectivity index (χ2n) is 4.89. The minimum Gasteiger partial charge on any atom is -0.302 e. The molecule has 2 aliphatic heterocycles. The number of carbonyl (C=O) groups is 2. The van der Waals surface area contributed by atoms with Crippen molar-refractivity contribution in [2.45, 2.75) is 24.9 Å². The van der Waals surface area contributed by atoms with Crippen molar-refractivity contribution in [1.82, 2.24) is 5.32 Å². The first-order chi connectivity index (χ1) is 9.25. The van der Waals surface area contributed by atoms with E-state index in [4.69, 9.17) is 0 Å². The lowest BCUT2D eigenvalue weighted by molar-refractivity contribution is -0.121. The second-order valence-corrected chi connectivity index (χ2v) is 6.04. The predicted molar refractivity (Wildman–Crippen MR) is 76.2 cm³/mol. The van der Waals surface area contributed by atoms with Crippen LogP contribution in [0.15, 0.2) is 30.3 Å². The summed E-state index contributed by atoms with van der Waals surface area (Å²) in [4.78, 5) is 25.7. The summed E-state index contributed by atoms with van der Waals surface area (Å²) < 4.78 is 0. The number of imide groups is 1. The van der Waals surface area contributed by atoms with Crippen LogP contribution < -0.4 is 10.2 Å². The zero-order chi connectivity index (χ0) is 13.2. The van der Waals surface area contributed by atoms with Gasteiger partial charge in [0.25, 0.3) is 5.91 Å². The quantitative estimate of drug-likeness (QED) is 0.848. The highest BCUT2D eigenvalue weighted by Gasteiger charge is 2.40. The predicted octanol–water partition coefficient (Wildman–Crippen LogP) is 1.41. The van der Waals surface area contributed by atoms with Crippen molar-refractivity contribution in [2.75, 3.05) is 16.4 Å². The number of hydrogen-bond donors (Lipinski definition) is 1. The molecule has 2 fully saturated rings. The van der Waals surface area contributed by atoms with Gasteiger partial charge in [-0.2, -0.15) is 11.8 Å². The normalized spacial score (nSPS) is 27.3. The van der Waals surface area contributed by atoms with Crippen molar-refractivity contribution in [3.05, 3.63) is 30.3 Å². The Morgan fingerprint density at radius 2 is 2.00 bits per heavy atom. The number of benzene rings is 1. The zero-order valence-corrected chi connectivity index (χ0v) is 11.4. The van der Waals surface area contributed by atoms with Crippen molar-refractivity contribution < 1.29 is 9.59 Å². The average molecular weight is 276 g/mol. The third kappa shape index (κ3) is 2.53. The Kier molecular flexibility index (Phi) is 3.57. The van der Waals surface area contributed by atoms with Gasteiger partial charge in [0.15, 0.2) is 0 Å². The monoisotopic (exact) mass is 276 g/mol. The number of carbonyl (C=O) groups excluding carboxylic acids is 2. The molecule has 2 heterocycles. The fourth-order valence-electron chi connectivity index (χ4n) is 2.56. The van der Waals surface area contributed by atoms with Crippen molar-refractivity contribution >= 4 is 29.3 Å². The maximum absolute atomic E-state index is 12.3. The number of thioether (sulfide) groups is 1. The SMILES string of the molecule is O=C1CC(NC2CCSC2)C(=O)N1c1ccccc1. The summed E-state index contributed by atoms with van der Waals surface area (Å²) in [6, 6.07) is 9.15. The molecule has 0 aliphatic carbocycles. The van der Waals surface area contributed by atoms with Gasteiger partial charge in [0.05, 0.1) is 18.2 Å². The molecule has 2 amide bonds. The molecule has 4 nitrogen and oxygen atoms in total. The summed E-state index contributed by atoms with van der Waals surface area (Å²) in [5.41, 5.74) is 0.669. The highest BCUT2D eigenvalue weighted by atomic mass is 32.2. The fourth-order valence-corrected chi connectivity index (χ4v) is 3.73. The summed E-state index contributed by atoms with van der Waals surface area (Å²) >= 11 is 1.89. The van der Waals surface area contributed by atoms with E-state index in [0.717, 1.165) is 17.9 Å². The molecule has 3 rings (SSSR count). The van der Waals surface area contributed by atoms with Gasteiger partial charge in [-0.3, -0.25) is 9.59 Å². The van der Waals surface area contributed by atoms with E-state index < -0.39 is 0 Å². The number of rotatable bonds is 3. The van der Waals surface area contributed by atoms with Gasteiger partial charge in [-0.25, -0.2) is 4.90 Å². The number of nitrogens with zero attached hydrogens (tertiary/aromatic N) is 1. The Balaban J connectivity index is 1.74. The Hall–Kier alpha value is -1.33. The van der Waals surface area contributed by atoms with E-state index in [1.165, 1.54) is 4.90 Å². The molecule has 2 aliphatic rings. The van der Waals surface area contributed by atoms with Crippen LogP contribution in [0.5, 0.6) is 0 Å². The van der Waals surface area contributed by atoms with E-state index >= 15 is 0 Å². The Labute approximate surface area is 116 Å². The van der Waals surface area contributed by atoms with Gasteiger partial charge < -0.3 is 5.32 Å². The molecular weight excluding hydrogens is 260 g/mol. The lowest BCUT2D eigenvalue weighted by atomic mass is 10.2. The smallest absolute Gasteiger partial charge is 0.251 e. The molecule has 2 atom stereocenters. The van der Waals surface area contributed by atoms with E-state index in [-0.39, 0.29) is 24.3 Å². The topological polar surface area (TPSA) is 49.4 Å². The van der Waals surface area contributed by atoms with Gasteiger partial charge in [0, 0.05) is 11.8 Å². The standard InChI is InChI=1S/C14H16N2O2S/c17-13-8-12(15-10-6-7-19-9-10)14(18)16(13)11-4-2-1-3-5-11/h1-5,10,12,15H,6-9H2. The molecule has 0 aromatic heterocycles. The summed E-state index contributed by atoms with van der Waals surface area (Å²) in [5.74, 6) is 1.94. The largest absolute Gasteiger partial charge is 0.302 e. The van der Waals surface area contributed by atoms with E-state index in [2.05, 4.69) is 5.32 Å². The first-order valence-electron chi connectivity index (χ1n) is 6.51. The van der Waals surface area contributed by atoms with E-state index in [1.54, 1.807) is 12.1 Å². The van der Waals surface area contributed by atoms with Crippen LogP contribution in [0, 0.1) is 0 Å². The molecule has 0 radical (unpaired) electrons. The molecule has 5 heteroatoms. The molecule has 2 saturated heterocycles. The van der Waals surface area contributed by atoms with Crippen LogP contribution >= 0.6 is 11.8 Å². The van der Waals surface area contributed by atoms with Gasteiger partial charge in [-0.15, -0.1) is 0 Å². The van der Waals surface area contributed by atoms with Crippen LogP contribution in [0.2, 0.25) is 0 Å². The number of nitrogens with one attached hydrogen (secondary N) is 1. The van der Waals surface area contributed by atoms with Crippen LogP contribution in [0.4, 0.5) is 5.69 Å². The molecule has 1 aromatic carbocycles. The lowest BCUT2D eigenvalue weighted by Crippen LogP contribution is -2.44. The van der Waals surface area contributed by atoms with Gasteiger partial charge in [0.2, 0.25) is 5.91 Å². The van der Waals surface area contributed by atoms with Crippen LogP contribution in [0.25, 0.3) is 0 Å². The molecule has 1 N–H and O–H groups in total. The highest BCUT2D eigenvalue weighted by molar-refractivity contribution is 7.99. The molecule has 1 aromatic rings. The van der Waals surface area contributed by atoms with E-state index in [9.17, 15) is 9.59 Å². The molecule has 100 valence electrons. The lowest BCUT2D eigenvalue weighted by Gasteiger charge is -2.18. The van der Waals surface area contributed by atoms with Crippen LogP contribution in [0.3, 0.4) is 0 Å². The molecule has 19 heavy (non-hydrogen) atoms. The maximum Gasteiger partial charge on any atom is 0.251 e. The number of amides is 2. The minimum absolute atomic E-state index is 0.112. The average Bonchev–Trinajstić information content (AvgIpc) is 3.01. The summed E-state index contributed by atoms with van der Waals surface area (Å²) in [7, 11) is 0. The second kappa shape index (κ2) is 5.35. The zero-order valence-electron chi connectivity index (χ0n) is 10.5. The number of anilines is 1. The first kappa shape index (κ1) is 12.7. The molecular formula is C14H16N2O2S. The van der Waals surface area contributed by atoms with Gasteiger partial charge in [0.1, 0.15) is 0 Å². The van der Waals surface area contributed by atoms with Crippen LogP contribution in [0.1, 0.15) is 12.8 Å². The molecule has 2 unspecified atom stereocenters. The van der Waals surface area contributed by atoms with Gasteiger partial charge >= 0.3 is 0 Å². The summed E-state index contributed by atoms with van der Waals surface area (Å²) in [5, 5.41) is 3.32. The molecule has 0 spiro atoms. The number of hydrogen-bond acceptors (Lipinski definition) is 4. The van der Waals surface area contributed by atoms with Crippen molar-refractivity contribution in [3.63, 3.8) is 0 Å². The summed E-state index contributed by atoms with van der Waals surface area (Å²) in [6.07, 6.45) is 1.35. The van der Waals surface area contributed by atoms with Gasteiger partial charge in [-0.1, -0.05) is 18.2 Å². The van der Waals surface area contributed by atoms with Crippen molar-refractivity contribution in [3.8, 4) is 0 Å². The number of para-hydroxylation sites is 1. The van der Waals surface area contributed by atoms with Crippen molar-refractivity contribution in [2.24, 2.45) is 0 Å². The van der Waals surface area contributed by atoms with Crippen LogP contribution in [-0.2, 0) is 9.59 Å². The van der Waals surface area contributed by atoms with Gasteiger partial charge in [-0.05, 0) is 24.3 Å². The third-order valence-electron chi connectivity index (χ3n) is 3.53. The minimum atomic E-state index is -0.351. The Morgan fingerprint density at radius 1 is 1.21 bits per heavy atom. The van der Waals surface area contributed by atoms with E-state index in [1.807, 2.05) is 30.0 Å². The van der Waals surface area contributed by atoms with E-state index in [0.29, 0.717) is 11.7 Å².